The lowest BCUT2D eigenvalue weighted by molar-refractivity contribution is 0.0249. The molecule has 0 aliphatic carbocycles. The molecule has 2 aromatic carbocycles. The highest BCUT2D eigenvalue weighted by Crippen LogP contribution is 2.19. The quantitative estimate of drug-likeness (QED) is 0.442. The number of hydrogen-bond donors (Lipinski definition) is 2. The molecular formula is C22H26N6O3. The first-order chi connectivity index (χ1) is 15.0. The summed E-state index contributed by atoms with van der Waals surface area (Å²) in [6.07, 6.45) is 1.53. The van der Waals surface area contributed by atoms with Gasteiger partial charge in [0.2, 0.25) is 5.95 Å². The smallest absolute Gasteiger partial charge is 0.321 e. The van der Waals surface area contributed by atoms with E-state index in [-0.39, 0.29) is 12.6 Å². The van der Waals surface area contributed by atoms with Crippen molar-refractivity contribution in [2.75, 3.05) is 43.2 Å². The lowest BCUT2D eigenvalue weighted by Crippen LogP contribution is -2.37. The van der Waals surface area contributed by atoms with Crippen LogP contribution in [0.15, 0.2) is 47.6 Å². The Kier molecular flexibility index (Phi) is 6.24. The molecule has 2 heterocycles. The van der Waals surface area contributed by atoms with Crippen LogP contribution in [0.3, 0.4) is 0 Å². The van der Waals surface area contributed by atoms with Gasteiger partial charge in [0.05, 0.1) is 30.7 Å². The van der Waals surface area contributed by atoms with Crippen LogP contribution in [-0.4, -0.2) is 64.8 Å². The number of nitrogens with one attached hydrogen (secondary N) is 1. The molecule has 0 spiro atoms. The van der Waals surface area contributed by atoms with E-state index >= 15 is 0 Å². The number of morpholine rings is 1. The minimum absolute atomic E-state index is 0.0610. The van der Waals surface area contributed by atoms with E-state index in [9.17, 15) is 5.11 Å². The molecule has 9 nitrogen and oxygen atoms in total. The van der Waals surface area contributed by atoms with Crippen LogP contribution < -0.4 is 15.1 Å². The van der Waals surface area contributed by atoms with Gasteiger partial charge < -0.3 is 19.5 Å². The summed E-state index contributed by atoms with van der Waals surface area (Å²) in [6, 6.07) is 14.3. The minimum atomic E-state index is -1.00. The van der Waals surface area contributed by atoms with E-state index in [0.717, 1.165) is 11.1 Å². The molecule has 31 heavy (non-hydrogen) atoms. The van der Waals surface area contributed by atoms with Crippen LogP contribution in [0.1, 0.15) is 19.7 Å². The van der Waals surface area contributed by atoms with Gasteiger partial charge in [-0.25, -0.2) is 0 Å². The second-order valence-electron chi connectivity index (χ2n) is 7.91. The van der Waals surface area contributed by atoms with Crippen molar-refractivity contribution in [1.82, 2.24) is 15.0 Å². The fourth-order valence-electron chi connectivity index (χ4n) is 3.05. The third kappa shape index (κ3) is 5.87. The second-order valence-corrected chi connectivity index (χ2v) is 7.91. The van der Waals surface area contributed by atoms with Gasteiger partial charge in [-0.05, 0) is 36.8 Å². The third-order valence-electron chi connectivity index (χ3n) is 4.59. The molecule has 1 aliphatic rings. The first-order valence-electron chi connectivity index (χ1n) is 10.2. The first-order valence-corrected chi connectivity index (χ1v) is 10.2. The van der Waals surface area contributed by atoms with Gasteiger partial charge in [-0.2, -0.15) is 20.1 Å². The Labute approximate surface area is 180 Å². The van der Waals surface area contributed by atoms with Gasteiger partial charge in [-0.1, -0.05) is 30.3 Å². The predicted molar refractivity (Wildman–Crippen MR) is 120 cm³/mol. The monoisotopic (exact) mass is 422 g/mol. The molecule has 9 heteroatoms. The maximum absolute atomic E-state index is 9.95. The topological polar surface area (TPSA) is 105 Å². The number of aromatic nitrogens is 3. The van der Waals surface area contributed by atoms with Gasteiger partial charge in [0.25, 0.3) is 0 Å². The number of ether oxygens (including phenoxy) is 2. The summed E-state index contributed by atoms with van der Waals surface area (Å²) in [5.74, 6) is 0.853. The molecule has 0 bridgehead atoms. The summed E-state index contributed by atoms with van der Waals surface area (Å²) in [4.78, 5) is 15.2. The molecule has 1 saturated heterocycles. The Bertz CT molecular complexity index is 1060. The van der Waals surface area contributed by atoms with Crippen LogP contribution in [0.5, 0.6) is 6.01 Å². The molecule has 0 radical (unpaired) electrons. The van der Waals surface area contributed by atoms with Crippen molar-refractivity contribution in [2.45, 2.75) is 19.4 Å². The van der Waals surface area contributed by atoms with Crippen molar-refractivity contribution in [3.05, 3.63) is 48.3 Å². The molecule has 3 aromatic rings. The number of nitrogens with zero attached hydrogens (tertiary/aromatic N) is 5. The maximum Gasteiger partial charge on any atom is 0.321 e. The van der Waals surface area contributed by atoms with Gasteiger partial charge in [0, 0.05) is 13.1 Å². The average molecular weight is 422 g/mol. The van der Waals surface area contributed by atoms with Crippen molar-refractivity contribution >= 4 is 28.6 Å². The fraction of sp³-hybridized carbons (Fsp3) is 0.364. The van der Waals surface area contributed by atoms with Crippen molar-refractivity contribution < 1.29 is 14.6 Å². The van der Waals surface area contributed by atoms with Crippen molar-refractivity contribution in [3.63, 3.8) is 0 Å². The van der Waals surface area contributed by atoms with Gasteiger partial charge >= 0.3 is 6.01 Å². The zero-order valence-corrected chi connectivity index (χ0v) is 17.7. The Morgan fingerprint density at radius 2 is 1.90 bits per heavy atom. The average Bonchev–Trinajstić information content (AvgIpc) is 2.78. The lowest BCUT2D eigenvalue weighted by atomic mass is 10.1. The lowest BCUT2D eigenvalue weighted by Gasteiger charge is -2.27. The number of anilines is 2. The normalized spacial score (nSPS) is 14.9. The minimum Gasteiger partial charge on any atom is -0.460 e. The molecule has 0 amide bonds. The van der Waals surface area contributed by atoms with Gasteiger partial charge in [-0.3, -0.25) is 5.43 Å². The molecule has 2 N–H and O–H groups in total. The summed E-state index contributed by atoms with van der Waals surface area (Å²) in [6.45, 7) is 5.96. The van der Waals surface area contributed by atoms with E-state index < -0.39 is 5.60 Å². The second kappa shape index (κ2) is 9.23. The van der Waals surface area contributed by atoms with E-state index in [4.69, 9.17) is 9.47 Å². The maximum atomic E-state index is 9.95. The van der Waals surface area contributed by atoms with E-state index in [2.05, 4.69) is 37.6 Å². The Hall–Kier alpha value is -3.30. The summed E-state index contributed by atoms with van der Waals surface area (Å²) in [5, 5.41) is 16.5. The number of benzene rings is 2. The third-order valence-corrected chi connectivity index (χ3v) is 4.59. The van der Waals surface area contributed by atoms with E-state index in [1.54, 1.807) is 13.8 Å². The largest absolute Gasteiger partial charge is 0.460 e. The predicted octanol–water partition coefficient (Wildman–Crippen LogP) is 2.46. The molecule has 0 atom stereocenters. The number of aliphatic hydroxyl groups is 1. The number of rotatable bonds is 7. The Morgan fingerprint density at radius 1 is 1.13 bits per heavy atom. The molecule has 0 unspecified atom stereocenters. The van der Waals surface area contributed by atoms with E-state index in [0.29, 0.717) is 38.1 Å². The molecule has 4 rings (SSSR count). The fourth-order valence-corrected chi connectivity index (χ4v) is 3.05. The summed E-state index contributed by atoms with van der Waals surface area (Å²) >= 11 is 0. The van der Waals surface area contributed by atoms with Gasteiger partial charge in [0.15, 0.2) is 5.82 Å². The van der Waals surface area contributed by atoms with Crippen molar-refractivity contribution in [2.24, 2.45) is 5.10 Å². The van der Waals surface area contributed by atoms with Crippen LogP contribution in [0.2, 0.25) is 0 Å². The number of hydrogen-bond acceptors (Lipinski definition) is 9. The molecule has 1 aromatic heterocycles. The zero-order chi connectivity index (χ0) is 21.7. The van der Waals surface area contributed by atoms with Crippen LogP contribution in [-0.2, 0) is 4.74 Å². The van der Waals surface area contributed by atoms with E-state index in [1.807, 2.05) is 35.2 Å². The highest BCUT2D eigenvalue weighted by molar-refractivity contribution is 5.86. The summed E-state index contributed by atoms with van der Waals surface area (Å²) < 4.78 is 11.0. The highest BCUT2D eigenvalue weighted by Gasteiger charge is 2.19. The standard InChI is InChI=1S/C22H26N6O3/c1-22(2,29)15-31-21-25-19(24-20(26-21)28-9-11-30-12-10-28)14-23-27-18-8-7-16-5-3-4-6-17(16)13-18/h3-8,13-14,27,29H,9-12,15H2,1-2H3. The first kappa shape index (κ1) is 21.0. The van der Waals surface area contributed by atoms with Crippen LogP contribution >= 0.6 is 0 Å². The van der Waals surface area contributed by atoms with E-state index in [1.165, 1.54) is 11.6 Å². The summed E-state index contributed by atoms with van der Waals surface area (Å²) in [5.41, 5.74) is 2.87. The van der Waals surface area contributed by atoms with Crippen LogP contribution in [0.25, 0.3) is 10.8 Å². The number of fused-ring (bicyclic) bond motifs is 1. The Morgan fingerprint density at radius 3 is 2.68 bits per heavy atom. The number of hydrazone groups is 1. The molecule has 0 saturated carbocycles. The van der Waals surface area contributed by atoms with Crippen molar-refractivity contribution in [3.8, 4) is 6.01 Å². The highest BCUT2D eigenvalue weighted by atomic mass is 16.5. The SMILES string of the molecule is CC(C)(O)COc1nc(C=NNc2ccc3ccccc3c2)nc(N2CCOCC2)n1. The van der Waals surface area contributed by atoms with Gasteiger partial charge in [0.1, 0.15) is 6.61 Å². The Balaban J connectivity index is 1.53. The summed E-state index contributed by atoms with van der Waals surface area (Å²) in [7, 11) is 0. The molecular weight excluding hydrogens is 396 g/mol. The molecule has 1 fully saturated rings. The van der Waals surface area contributed by atoms with Crippen molar-refractivity contribution in [1.29, 1.82) is 0 Å². The van der Waals surface area contributed by atoms with Gasteiger partial charge in [-0.15, -0.1) is 0 Å². The zero-order valence-electron chi connectivity index (χ0n) is 17.7. The van der Waals surface area contributed by atoms with Crippen LogP contribution in [0.4, 0.5) is 11.6 Å². The van der Waals surface area contributed by atoms with Crippen LogP contribution in [0, 0.1) is 0 Å². The molecule has 162 valence electrons. The molecule has 1 aliphatic heterocycles.